The Hall–Kier alpha value is -6.78. The van der Waals surface area contributed by atoms with Crippen LogP contribution >= 0.6 is 0 Å². The van der Waals surface area contributed by atoms with Crippen molar-refractivity contribution in [2.45, 2.75) is 0 Å². The van der Waals surface area contributed by atoms with E-state index in [1.54, 1.807) is 0 Å². The first-order valence-electron chi connectivity index (χ1n) is 16.8. The maximum Gasteiger partial charge on any atom is 0.227 e. The summed E-state index contributed by atoms with van der Waals surface area (Å²) in [6, 6.07) is 57.7. The number of pyridine rings is 1. The van der Waals surface area contributed by atoms with E-state index in [2.05, 4.69) is 161 Å². The highest BCUT2D eigenvalue weighted by molar-refractivity contribution is 6.10. The average molecular weight is 640 g/mol. The van der Waals surface area contributed by atoms with Crippen LogP contribution in [0.1, 0.15) is 0 Å². The van der Waals surface area contributed by atoms with Gasteiger partial charge in [-0.05, 0) is 98.8 Å². The van der Waals surface area contributed by atoms with E-state index in [-0.39, 0.29) is 0 Å². The van der Waals surface area contributed by atoms with Crippen LogP contribution in [0.4, 0.5) is 0 Å². The Morgan fingerprint density at radius 1 is 0.460 bits per heavy atom. The summed E-state index contributed by atoms with van der Waals surface area (Å²) in [4.78, 5) is 9.35. The third-order valence-corrected chi connectivity index (χ3v) is 9.75. The summed E-state index contributed by atoms with van der Waals surface area (Å²) in [7, 11) is 0. The van der Waals surface area contributed by atoms with Gasteiger partial charge in [-0.1, -0.05) is 109 Å². The third-order valence-electron chi connectivity index (χ3n) is 9.75. The Morgan fingerprint density at radius 3 is 1.96 bits per heavy atom. The zero-order chi connectivity index (χ0) is 33.0. The number of benzene rings is 7. The second-order valence-electron chi connectivity index (χ2n) is 12.7. The summed E-state index contributed by atoms with van der Waals surface area (Å²) in [5.74, 6) is 0.613. The first-order chi connectivity index (χ1) is 24.8. The number of para-hydroxylation sites is 1. The van der Waals surface area contributed by atoms with Crippen LogP contribution in [0.25, 0.3) is 94.2 Å². The van der Waals surface area contributed by atoms with E-state index in [0.717, 1.165) is 61.0 Å². The first kappa shape index (κ1) is 28.3. The molecule has 0 N–H and O–H groups in total. The summed E-state index contributed by atoms with van der Waals surface area (Å²) in [5, 5.41) is 4.82. The molecule has 4 nitrogen and oxygen atoms in total. The van der Waals surface area contributed by atoms with Gasteiger partial charge >= 0.3 is 0 Å². The van der Waals surface area contributed by atoms with Crippen molar-refractivity contribution < 1.29 is 4.42 Å². The van der Waals surface area contributed by atoms with E-state index in [1.807, 2.05) is 24.5 Å². The lowest BCUT2D eigenvalue weighted by atomic mass is 9.96. The predicted molar refractivity (Wildman–Crippen MR) is 205 cm³/mol. The van der Waals surface area contributed by atoms with Crippen molar-refractivity contribution in [3.8, 4) is 50.5 Å². The van der Waals surface area contributed by atoms with Crippen LogP contribution in [-0.2, 0) is 0 Å². The second kappa shape index (κ2) is 11.4. The molecule has 0 radical (unpaired) electrons. The molecule has 3 heterocycles. The quantitative estimate of drug-likeness (QED) is 0.188. The molecular weight excluding hydrogens is 611 g/mol. The Labute approximate surface area is 288 Å². The van der Waals surface area contributed by atoms with E-state index < -0.39 is 0 Å². The normalized spacial score (nSPS) is 11.6. The first-order valence-corrected chi connectivity index (χ1v) is 16.8. The predicted octanol–water partition coefficient (Wildman–Crippen LogP) is 12.1. The maximum absolute atomic E-state index is 6.24. The molecule has 7 aromatic carbocycles. The molecule has 0 spiro atoms. The lowest BCUT2D eigenvalue weighted by Crippen LogP contribution is -1.93. The van der Waals surface area contributed by atoms with E-state index in [1.165, 1.54) is 27.3 Å². The van der Waals surface area contributed by atoms with Gasteiger partial charge in [0.15, 0.2) is 5.58 Å². The molecule has 0 atom stereocenters. The fourth-order valence-corrected chi connectivity index (χ4v) is 7.26. The molecule has 0 aliphatic rings. The van der Waals surface area contributed by atoms with Gasteiger partial charge in [-0.15, -0.1) is 0 Å². The zero-order valence-corrected chi connectivity index (χ0v) is 27.0. The SMILES string of the molecule is c1ccc(-n2c3ccncc3c3cc(-c4ccc(-c5nc6cc(-c7ccc(-c8cccc9ccccc89)cc7)ccc6o5)cc4)ccc32)cc1. The molecule has 50 heavy (non-hydrogen) atoms. The lowest BCUT2D eigenvalue weighted by Gasteiger charge is -2.08. The van der Waals surface area contributed by atoms with Crippen molar-refractivity contribution in [3.05, 3.63) is 176 Å². The van der Waals surface area contributed by atoms with Gasteiger partial charge in [-0.2, -0.15) is 0 Å². The van der Waals surface area contributed by atoms with Crippen LogP contribution in [0.15, 0.2) is 181 Å². The van der Waals surface area contributed by atoms with Crippen LogP contribution in [0, 0.1) is 0 Å². The fraction of sp³-hybridized carbons (Fsp3) is 0. The van der Waals surface area contributed by atoms with Gasteiger partial charge < -0.3 is 8.98 Å². The smallest absolute Gasteiger partial charge is 0.227 e. The number of hydrogen-bond acceptors (Lipinski definition) is 3. The van der Waals surface area contributed by atoms with Crippen LogP contribution in [0.5, 0.6) is 0 Å². The molecule has 0 unspecified atom stereocenters. The second-order valence-corrected chi connectivity index (χ2v) is 12.7. The van der Waals surface area contributed by atoms with E-state index in [4.69, 9.17) is 9.40 Å². The molecule has 0 bridgehead atoms. The molecule has 4 heteroatoms. The molecule has 3 aromatic heterocycles. The van der Waals surface area contributed by atoms with Gasteiger partial charge in [-0.3, -0.25) is 4.98 Å². The van der Waals surface area contributed by atoms with Gasteiger partial charge in [0.1, 0.15) is 5.52 Å². The Kier molecular flexibility index (Phi) is 6.46. The van der Waals surface area contributed by atoms with Gasteiger partial charge in [0.05, 0.1) is 11.0 Å². The lowest BCUT2D eigenvalue weighted by molar-refractivity contribution is 0.620. The van der Waals surface area contributed by atoms with Crippen LogP contribution in [-0.4, -0.2) is 14.5 Å². The van der Waals surface area contributed by atoms with Crippen LogP contribution in [0.2, 0.25) is 0 Å². The molecule has 0 saturated heterocycles. The molecule has 10 aromatic rings. The number of oxazole rings is 1. The highest BCUT2D eigenvalue weighted by Gasteiger charge is 2.15. The van der Waals surface area contributed by atoms with Gasteiger partial charge in [0.25, 0.3) is 0 Å². The summed E-state index contributed by atoms with van der Waals surface area (Å²) >= 11 is 0. The molecule has 10 rings (SSSR count). The highest BCUT2D eigenvalue weighted by Crippen LogP contribution is 2.36. The molecule has 0 fully saturated rings. The Bertz CT molecular complexity index is 2840. The van der Waals surface area contributed by atoms with Crippen molar-refractivity contribution in [1.29, 1.82) is 0 Å². The monoisotopic (exact) mass is 639 g/mol. The largest absolute Gasteiger partial charge is 0.436 e. The van der Waals surface area contributed by atoms with E-state index >= 15 is 0 Å². The number of fused-ring (bicyclic) bond motifs is 5. The number of hydrogen-bond donors (Lipinski definition) is 0. The molecule has 0 aliphatic carbocycles. The highest BCUT2D eigenvalue weighted by atomic mass is 16.3. The fourth-order valence-electron chi connectivity index (χ4n) is 7.26. The third kappa shape index (κ3) is 4.69. The minimum atomic E-state index is 0.613. The summed E-state index contributed by atoms with van der Waals surface area (Å²) in [6.45, 7) is 0. The molecular formula is C46H29N3O. The minimum absolute atomic E-state index is 0.613. The van der Waals surface area contributed by atoms with Gasteiger partial charge in [0, 0.05) is 34.4 Å². The number of aromatic nitrogens is 3. The zero-order valence-electron chi connectivity index (χ0n) is 27.0. The van der Waals surface area contributed by atoms with Crippen molar-refractivity contribution in [2.75, 3.05) is 0 Å². The molecule has 0 saturated carbocycles. The number of rotatable bonds is 5. The van der Waals surface area contributed by atoms with E-state index in [0.29, 0.717) is 5.89 Å². The van der Waals surface area contributed by atoms with Crippen molar-refractivity contribution in [1.82, 2.24) is 14.5 Å². The van der Waals surface area contributed by atoms with E-state index in [9.17, 15) is 0 Å². The van der Waals surface area contributed by atoms with Crippen LogP contribution in [0.3, 0.4) is 0 Å². The topological polar surface area (TPSA) is 43.9 Å². The average Bonchev–Trinajstić information content (AvgIpc) is 3.77. The minimum Gasteiger partial charge on any atom is -0.436 e. The molecule has 234 valence electrons. The summed E-state index contributed by atoms with van der Waals surface area (Å²) < 4.78 is 8.54. The standard InChI is InChI=1S/C46H29N3O/c1-2-9-37(10-3-1)49-43-23-21-35(27-40(43)41-29-47-26-25-44(41)49)30-15-19-34(20-16-30)46-48-42-28-36(22-24-45(42)50-46)31-13-17-33(18-14-31)39-12-6-8-32-7-4-5-11-38(32)39/h1-29H. The van der Waals surface area contributed by atoms with Crippen molar-refractivity contribution >= 4 is 43.7 Å². The van der Waals surface area contributed by atoms with Gasteiger partial charge in [-0.25, -0.2) is 4.98 Å². The van der Waals surface area contributed by atoms with Crippen molar-refractivity contribution in [3.63, 3.8) is 0 Å². The van der Waals surface area contributed by atoms with Crippen LogP contribution < -0.4 is 0 Å². The summed E-state index contributed by atoms with van der Waals surface area (Å²) in [6.07, 6.45) is 3.82. The molecule has 0 aliphatic heterocycles. The number of nitrogens with zero attached hydrogens (tertiary/aromatic N) is 3. The molecule has 0 amide bonds. The Balaban J connectivity index is 0.943. The maximum atomic E-state index is 6.24. The summed E-state index contributed by atoms with van der Waals surface area (Å²) in [5.41, 5.74) is 13.0. The van der Waals surface area contributed by atoms with Gasteiger partial charge in [0.2, 0.25) is 5.89 Å². The Morgan fingerprint density at radius 2 is 1.12 bits per heavy atom. The van der Waals surface area contributed by atoms with Crippen molar-refractivity contribution in [2.24, 2.45) is 0 Å².